The molecule has 0 radical (unpaired) electrons. The summed E-state index contributed by atoms with van der Waals surface area (Å²) in [6.07, 6.45) is 9.75. The minimum Gasteiger partial charge on any atom is -0.465 e. The molecule has 1 aliphatic carbocycles. The fourth-order valence-corrected chi connectivity index (χ4v) is 4.49. The maximum atomic E-state index is 11.8. The van der Waals surface area contributed by atoms with Crippen molar-refractivity contribution in [2.24, 2.45) is 5.41 Å². The first-order valence-corrected chi connectivity index (χ1v) is 12.6. The number of rotatable bonds is 5. The number of esters is 1. The minimum atomic E-state index is -1.38. The van der Waals surface area contributed by atoms with Crippen molar-refractivity contribution >= 4 is 19.6 Å². The van der Waals surface area contributed by atoms with Gasteiger partial charge in [0, 0.05) is 5.41 Å². The number of methoxy groups -OCH3 is 1. The number of benzene rings is 1. The Morgan fingerprint density at radius 2 is 2.00 bits per heavy atom. The van der Waals surface area contributed by atoms with Crippen molar-refractivity contribution in [2.75, 3.05) is 7.11 Å². The predicted molar refractivity (Wildman–Crippen MR) is 114 cm³/mol. The van der Waals surface area contributed by atoms with Crippen LogP contribution >= 0.6 is 0 Å². The molecule has 138 valence electrons. The third-order valence-electron chi connectivity index (χ3n) is 4.54. The van der Waals surface area contributed by atoms with E-state index in [-0.39, 0.29) is 11.4 Å². The molecule has 0 N–H and O–H groups in total. The number of carbonyl (C=O) groups excluding carboxylic acids is 1. The molecule has 0 aliphatic heterocycles. The van der Waals surface area contributed by atoms with Gasteiger partial charge >= 0.3 is 5.97 Å². The molecule has 1 aliphatic rings. The summed E-state index contributed by atoms with van der Waals surface area (Å²) in [5.41, 5.74) is 7.76. The second-order valence-corrected chi connectivity index (χ2v) is 13.4. The summed E-state index contributed by atoms with van der Waals surface area (Å²) >= 11 is 0. The van der Waals surface area contributed by atoms with Crippen molar-refractivity contribution in [3.8, 4) is 0 Å². The Morgan fingerprint density at radius 1 is 1.31 bits per heavy atom. The molecule has 0 amide bonds. The lowest BCUT2D eigenvalue weighted by Gasteiger charge is -2.29. The molecule has 1 atom stereocenters. The molecule has 0 saturated carbocycles. The molecule has 26 heavy (non-hydrogen) atoms. The van der Waals surface area contributed by atoms with E-state index in [0.717, 1.165) is 12.0 Å². The van der Waals surface area contributed by atoms with E-state index in [9.17, 15) is 4.79 Å². The molecule has 2 rings (SSSR count). The van der Waals surface area contributed by atoms with Crippen LogP contribution in [-0.2, 0) is 4.74 Å². The van der Waals surface area contributed by atoms with Gasteiger partial charge in [-0.15, -0.1) is 6.58 Å². The zero-order valence-corrected chi connectivity index (χ0v) is 17.8. The van der Waals surface area contributed by atoms with Gasteiger partial charge in [0.05, 0.1) is 20.7 Å². The highest BCUT2D eigenvalue weighted by molar-refractivity contribution is 6.81. The number of aryl methyl sites for hydroxylation is 1. The van der Waals surface area contributed by atoms with Crippen molar-refractivity contribution < 1.29 is 9.53 Å². The molecule has 1 aromatic carbocycles. The first-order valence-electron chi connectivity index (χ1n) is 9.04. The van der Waals surface area contributed by atoms with Crippen molar-refractivity contribution in [3.63, 3.8) is 0 Å². The van der Waals surface area contributed by atoms with E-state index in [1.54, 1.807) is 0 Å². The van der Waals surface area contributed by atoms with Gasteiger partial charge in [-0.05, 0) is 47.8 Å². The molecular weight excluding hydrogens is 336 g/mol. The summed E-state index contributed by atoms with van der Waals surface area (Å²) in [5.74, 6) is -0.300. The summed E-state index contributed by atoms with van der Waals surface area (Å²) in [4.78, 5) is 11.8. The fraction of sp³-hybridized carbons (Fsp3) is 0.348. The average molecular weight is 367 g/mol. The fourth-order valence-electron chi connectivity index (χ4n) is 3.31. The molecule has 1 unspecified atom stereocenters. The highest BCUT2D eigenvalue weighted by Crippen LogP contribution is 2.40. The first kappa shape index (κ1) is 20.2. The van der Waals surface area contributed by atoms with Crippen LogP contribution < -0.4 is 0 Å². The Kier molecular flexibility index (Phi) is 5.92. The highest BCUT2D eigenvalue weighted by atomic mass is 28.3. The van der Waals surface area contributed by atoms with Gasteiger partial charge in [-0.1, -0.05) is 62.6 Å². The second-order valence-electron chi connectivity index (χ2n) is 8.38. The van der Waals surface area contributed by atoms with E-state index in [1.165, 1.54) is 23.8 Å². The largest absolute Gasteiger partial charge is 0.465 e. The number of carbonyl (C=O) groups is 1. The highest BCUT2D eigenvalue weighted by Gasteiger charge is 2.25. The van der Waals surface area contributed by atoms with Gasteiger partial charge in [0.1, 0.15) is 0 Å². The van der Waals surface area contributed by atoms with Crippen LogP contribution in [0.5, 0.6) is 0 Å². The van der Waals surface area contributed by atoms with E-state index in [2.05, 4.69) is 64.0 Å². The van der Waals surface area contributed by atoms with Gasteiger partial charge in [0.2, 0.25) is 0 Å². The van der Waals surface area contributed by atoms with Gasteiger partial charge < -0.3 is 4.74 Å². The molecule has 0 saturated heterocycles. The van der Waals surface area contributed by atoms with Gasteiger partial charge in [-0.25, -0.2) is 4.79 Å². The lowest BCUT2D eigenvalue weighted by atomic mass is 9.77. The van der Waals surface area contributed by atoms with Crippen LogP contribution in [0.1, 0.15) is 34.8 Å². The molecule has 2 nitrogen and oxygen atoms in total. The summed E-state index contributed by atoms with van der Waals surface area (Å²) in [5, 5.41) is 0. The van der Waals surface area contributed by atoms with Crippen LogP contribution in [0.25, 0.3) is 5.57 Å². The molecular formula is C23H30O2Si. The topological polar surface area (TPSA) is 26.3 Å². The van der Waals surface area contributed by atoms with Crippen LogP contribution in [0.3, 0.4) is 0 Å². The summed E-state index contributed by atoms with van der Waals surface area (Å²) < 4.78 is 4.85. The molecule has 0 bridgehead atoms. The zero-order chi connectivity index (χ0) is 19.5. The van der Waals surface area contributed by atoms with Gasteiger partial charge in [-0.3, -0.25) is 0 Å². The Hall–Kier alpha value is -2.13. The number of hydrogen-bond donors (Lipinski definition) is 0. The molecule has 0 fully saturated rings. The Balaban J connectivity index is 2.60. The minimum absolute atomic E-state index is 0.0404. The van der Waals surface area contributed by atoms with E-state index in [1.807, 2.05) is 24.3 Å². The van der Waals surface area contributed by atoms with Crippen LogP contribution in [0, 0.1) is 12.3 Å². The third-order valence-corrected chi connectivity index (χ3v) is 5.72. The molecule has 3 heteroatoms. The monoisotopic (exact) mass is 366 g/mol. The van der Waals surface area contributed by atoms with Crippen LogP contribution in [0.2, 0.25) is 19.6 Å². The van der Waals surface area contributed by atoms with Crippen molar-refractivity contribution in [1.29, 1.82) is 0 Å². The second kappa shape index (κ2) is 7.63. The van der Waals surface area contributed by atoms with Crippen LogP contribution in [0.15, 0.2) is 60.4 Å². The van der Waals surface area contributed by atoms with E-state index in [4.69, 9.17) is 4.74 Å². The number of allylic oxidation sites excluding steroid dienone is 6. The predicted octanol–water partition coefficient (Wildman–Crippen LogP) is 6.12. The molecule has 0 heterocycles. The van der Waals surface area contributed by atoms with E-state index < -0.39 is 8.07 Å². The Labute approximate surface area is 159 Å². The van der Waals surface area contributed by atoms with Gasteiger partial charge in [0.25, 0.3) is 0 Å². The van der Waals surface area contributed by atoms with Crippen LogP contribution in [-0.4, -0.2) is 21.2 Å². The van der Waals surface area contributed by atoms with E-state index in [0.29, 0.717) is 5.56 Å². The standard InChI is InChI=1S/C23H30O2Si/c1-8-12-23(3)13-11-19(16-26(5,6)7)21(15-23)20-10-9-18(14-17(20)2)22(24)25-4/h8-11,13-16H,1,12H2,2-7H3/b19-16+. The maximum absolute atomic E-state index is 11.8. The van der Waals surface area contributed by atoms with Crippen molar-refractivity contribution in [1.82, 2.24) is 0 Å². The molecule has 0 aromatic heterocycles. The van der Waals surface area contributed by atoms with Crippen molar-refractivity contribution in [3.05, 3.63) is 77.0 Å². The lowest BCUT2D eigenvalue weighted by molar-refractivity contribution is 0.0600. The summed E-state index contributed by atoms with van der Waals surface area (Å²) in [6, 6.07) is 5.81. The molecule has 0 spiro atoms. The van der Waals surface area contributed by atoms with Gasteiger partial charge in [0.15, 0.2) is 0 Å². The smallest absolute Gasteiger partial charge is 0.337 e. The number of ether oxygens (including phenoxy) is 1. The normalized spacial score (nSPS) is 21.5. The Bertz CT molecular complexity index is 806. The Morgan fingerprint density at radius 3 is 2.54 bits per heavy atom. The van der Waals surface area contributed by atoms with E-state index >= 15 is 0 Å². The quantitative estimate of drug-likeness (QED) is 0.356. The number of hydrogen-bond acceptors (Lipinski definition) is 2. The SMILES string of the molecule is C=CCC1(C)C=C/C(=C\[Si](C)(C)C)C(c2ccc(C(=O)OC)cc2C)=C1. The van der Waals surface area contributed by atoms with Gasteiger partial charge in [-0.2, -0.15) is 0 Å². The lowest BCUT2D eigenvalue weighted by Crippen LogP contribution is -2.19. The summed E-state index contributed by atoms with van der Waals surface area (Å²) in [7, 11) is 0.0278. The maximum Gasteiger partial charge on any atom is 0.337 e. The van der Waals surface area contributed by atoms with Crippen LogP contribution in [0.4, 0.5) is 0 Å². The average Bonchev–Trinajstić information content (AvgIpc) is 2.55. The van der Waals surface area contributed by atoms with Crippen molar-refractivity contribution in [2.45, 2.75) is 39.9 Å². The zero-order valence-electron chi connectivity index (χ0n) is 16.8. The first-order chi connectivity index (χ1) is 12.1. The third kappa shape index (κ3) is 4.73. The summed E-state index contributed by atoms with van der Waals surface area (Å²) in [6.45, 7) is 15.2. The molecule has 1 aromatic rings.